The Bertz CT molecular complexity index is 328. The topological polar surface area (TPSA) is 55.8 Å². The lowest BCUT2D eigenvalue weighted by Crippen LogP contribution is -2.16. The van der Waals surface area contributed by atoms with Gasteiger partial charge in [-0.15, -0.1) is 0 Å². The first kappa shape index (κ1) is 24.1. The highest BCUT2D eigenvalue weighted by Crippen LogP contribution is 2.11. The Balaban J connectivity index is 3.36. The highest BCUT2D eigenvalue weighted by molar-refractivity contribution is 5.69. The number of carbonyl (C=O) groups is 1. The minimum absolute atomic E-state index is 0.173. The van der Waals surface area contributed by atoms with Gasteiger partial charge in [-0.05, 0) is 39.0 Å². The number of unbranched alkanes of at least 4 members (excludes halogenated alkanes) is 8. The molecule has 0 saturated heterocycles. The van der Waals surface area contributed by atoms with Gasteiger partial charge in [-0.25, -0.2) is 0 Å². The summed E-state index contributed by atoms with van der Waals surface area (Å²) in [5, 5.41) is 9.87. The minimum Gasteiger partial charge on any atom is -0.436 e. The summed E-state index contributed by atoms with van der Waals surface area (Å²) in [6.07, 6.45) is 17.3. The van der Waals surface area contributed by atoms with Crippen LogP contribution in [0.4, 0.5) is 0 Å². The lowest BCUT2D eigenvalue weighted by atomic mass is 10.1. The van der Waals surface area contributed by atoms with Gasteiger partial charge < -0.3 is 14.6 Å². The lowest BCUT2D eigenvalue weighted by molar-refractivity contribution is -0.169. The van der Waals surface area contributed by atoms with Crippen molar-refractivity contribution < 1.29 is 19.4 Å². The summed E-state index contributed by atoms with van der Waals surface area (Å²) in [7, 11) is 1.53. The fourth-order valence-electron chi connectivity index (χ4n) is 2.65. The third-order valence-corrected chi connectivity index (χ3v) is 4.35. The SMILES string of the molecule is CCCCCC[C@@H](O)C/C=C\CCCCCCCC(=O)OC(C)OC. The molecule has 25 heavy (non-hydrogen) atoms. The molecule has 0 aromatic carbocycles. The van der Waals surface area contributed by atoms with E-state index in [1.165, 1.54) is 39.2 Å². The van der Waals surface area contributed by atoms with E-state index in [1.54, 1.807) is 6.92 Å². The van der Waals surface area contributed by atoms with Crippen molar-refractivity contribution in [3.63, 3.8) is 0 Å². The second-order valence-corrected chi connectivity index (χ2v) is 6.81. The van der Waals surface area contributed by atoms with Gasteiger partial charge in [-0.2, -0.15) is 0 Å². The molecule has 0 aliphatic carbocycles. The van der Waals surface area contributed by atoms with Gasteiger partial charge >= 0.3 is 5.97 Å². The average molecular weight is 357 g/mol. The van der Waals surface area contributed by atoms with Gasteiger partial charge in [0.25, 0.3) is 0 Å². The van der Waals surface area contributed by atoms with E-state index in [-0.39, 0.29) is 12.1 Å². The molecular formula is C21H40O4. The zero-order valence-corrected chi connectivity index (χ0v) is 16.7. The molecule has 0 fully saturated rings. The molecule has 148 valence electrons. The molecule has 4 nitrogen and oxygen atoms in total. The Hall–Kier alpha value is -0.870. The summed E-state index contributed by atoms with van der Waals surface area (Å²) in [4.78, 5) is 11.4. The van der Waals surface area contributed by atoms with Gasteiger partial charge in [0.1, 0.15) is 0 Å². The fraction of sp³-hybridized carbons (Fsp3) is 0.857. The van der Waals surface area contributed by atoms with Crippen LogP contribution in [0.3, 0.4) is 0 Å². The number of rotatable bonds is 17. The second-order valence-electron chi connectivity index (χ2n) is 6.81. The van der Waals surface area contributed by atoms with Crippen LogP contribution in [-0.4, -0.2) is 30.6 Å². The standard InChI is InChI=1S/C21H40O4/c1-4-5-6-13-16-20(22)17-14-11-9-7-8-10-12-15-18-21(23)25-19(2)24-3/h11,14,19-20,22H,4-10,12-13,15-18H2,1-3H3/b14-11-/t19?,20-/m1/s1. The normalized spacial score (nSPS) is 13.9. The van der Waals surface area contributed by atoms with Crippen LogP contribution >= 0.6 is 0 Å². The maximum atomic E-state index is 11.4. The van der Waals surface area contributed by atoms with E-state index >= 15 is 0 Å². The van der Waals surface area contributed by atoms with Crippen molar-refractivity contribution in [3.05, 3.63) is 12.2 Å². The molecule has 0 aromatic heterocycles. The van der Waals surface area contributed by atoms with Crippen LogP contribution in [0.5, 0.6) is 0 Å². The maximum absolute atomic E-state index is 11.4. The summed E-state index contributed by atoms with van der Waals surface area (Å²) >= 11 is 0. The van der Waals surface area contributed by atoms with Crippen LogP contribution in [0.25, 0.3) is 0 Å². The van der Waals surface area contributed by atoms with Crippen LogP contribution in [0.2, 0.25) is 0 Å². The van der Waals surface area contributed by atoms with Crippen molar-refractivity contribution in [1.82, 2.24) is 0 Å². The predicted octanol–water partition coefficient (Wildman–Crippen LogP) is 5.53. The van der Waals surface area contributed by atoms with Crippen molar-refractivity contribution >= 4 is 5.97 Å². The lowest BCUT2D eigenvalue weighted by Gasteiger charge is -2.10. The molecule has 1 N–H and O–H groups in total. The molecule has 0 bridgehead atoms. The van der Waals surface area contributed by atoms with Crippen molar-refractivity contribution in [1.29, 1.82) is 0 Å². The van der Waals surface area contributed by atoms with E-state index in [0.717, 1.165) is 44.9 Å². The van der Waals surface area contributed by atoms with Gasteiger partial charge in [-0.3, -0.25) is 4.79 Å². The van der Waals surface area contributed by atoms with Crippen molar-refractivity contribution in [2.45, 2.75) is 110 Å². The zero-order chi connectivity index (χ0) is 18.8. The highest BCUT2D eigenvalue weighted by atomic mass is 16.7. The number of aliphatic hydroxyl groups is 1. The maximum Gasteiger partial charge on any atom is 0.308 e. The van der Waals surface area contributed by atoms with Gasteiger partial charge in [0, 0.05) is 13.5 Å². The smallest absolute Gasteiger partial charge is 0.308 e. The van der Waals surface area contributed by atoms with Gasteiger partial charge in [0.05, 0.1) is 6.10 Å². The van der Waals surface area contributed by atoms with E-state index in [9.17, 15) is 9.90 Å². The monoisotopic (exact) mass is 356 g/mol. The van der Waals surface area contributed by atoms with Gasteiger partial charge in [-0.1, -0.05) is 64.0 Å². The Kier molecular flexibility index (Phi) is 17.3. The number of aliphatic hydroxyl groups excluding tert-OH is 1. The molecule has 0 aliphatic heterocycles. The third-order valence-electron chi connectivity index (χ3n) is 4.35. The van der Waals surface area contributed by atoms with Crippen molar-refractivity contribution in [2.24, 2.45) is 0 Å². The number of hydrogen-bond acceptors (Lipinski definition) is 4. The Morgan fingerprint density at radius 1 is 1.00 bits per heavy atom. The van der Waals surface area contributed by atoms with Crippen molar-refractivity contribution in [3.8, 4) is 0 Å². The average Bonchev–Trinajstić information content (AvgIpc) is 2.60. The number of hydrogen-bond donors (Lipinski definition) is 1. The second kappa shape index (κ2) is 17.9. The summed E-state index contributed by atoms with van der Waals surface area (Å²) in [6, 6.07) is 0. The third kappa shape index (κ3) is 17.7. The van der Waals surface area contributed by atoms with Crippen LogP contribution in [0.15, 0.2) is 12.2 Å². The first-order chi connectivity index (χ1) is 12.1. The van der Waals surface area contributed by atoms with Crippen LogP contribution in [0, 0.1) is 0 Å². The number of ether oxygens (including phenoxy) is 2. The first-order valence-electron chi connectivity index (χ1n) is 10.2. The number of allylic oxidation sites excluding steroid dienone is 1. The molecular weight excluding hydrogens is 316 g/mol. The summed E-state index contributed by atoms with van der Waals surface area (Å²) in [5.74, 6) is -0.175. The van der Waals surface area contributed by atoms with Crippen LogP contribution in [-0.2, 0) is 14.3 Å². The molecule has 0 radical (unpaired) electrons. The quantitative estimate of drug-likeness (QED) is 0.161. The van der Waals surface area contributed by atoms with E-state index in [1.807, 2.05) is 0 Å². The minimum atomic E-state index is -0.450. The molecule has 0 heterocycles. The molecule has 4 heteroatoms. The molecule has 2 atom stereocenters. The number of carbonyl (C=O) groups excluding carboxylic acids is 1. The molecule has 0 aromatic rings. The molecule has 0 spiro atoms. The zero-order valence-electron chi connectivity index (χ0n) is 16.7. The van der Waals surface area contributed by atoms with Crippen LogP contribution < -0.4 is 0 Å². The molecule has 1 unspecified atom stereocenters. The van der Waals surface area contributed by atoms with Gasteiger partial charge in [0.15, 0.2) is 6.29 Å². The molecule has 0 amide bonds. The van der Waals surface area contributed by atoms with Crippen LogP contribution in [0.1, 0.15) is 97.3 Å². The Morgan fingerprint density at radius 3 is 2.40 bits per heavy atom. The Labute approximate surface area is 155 Å². The van der Waals surface area contributed by atoms with E-state index in [2.05, 4.69) is 19.1 Å². The number of methoxy groups -OCH3 is 1. The largest absolute Gasteiger partial charge is 0.436 e. The highest BCUT2D eigenvalue weighted by Gasteiger charge is 2.07. The number of esters is 1. The summed E-state index contributed by atoms with van der Waals surface area (Å²) in [6.45, 7) is 3.92. The van der Waals surface area contributed by atoms with Gasteiger partial charge in [0.2, 0.25) is 0 Å². The van der Waals surface area contributed by atoms with E-state index in [0.29, 0.717) is 6.42 Å². The summed E-state index contributed by atoms with van der Waals surface area (Å²) in [5.41, 5.74) is 0. The predicted molar refractivity (Wildman–Crippen MR) is 103 cm³/mol. The van der Waals surface area contributed by atoms with E-state index < -0.39 is 6.29 Å². The Morgan fingerprint density at radius 2 is 1.68 bits per heavy atom. The fourth-order valence-corrected chi connectivity index (χ4v) is 2.65. The molecule has 0 aliphatic rings. The summed E-state index contributed by atoms with van der Waals surface area (Å²) < 4.78 is 9.93. The molecule has 0 saturated carbocycles. The van der Waals surface area contributed by atoms with Crippen molar-refractivity contribution in [2.75, 3.05) is 7.11 Å². The molecule has 0 rings (SSSR count). The first-order valence-corrected chi connectivity index (χ1v) is 10.2. The van der Waals surface area contributed by atoms with E-state index in [4.69, 9.17) is 9.47 Å².